The van der Waals surface area contributed by atoms with Gasteiger partial charge in [0.1, 0.15) is 0 Å². The topological polar surface area (TPSA) is 24.5 Å². The zero-order valence-corrected chi connectivity index (χ0v) is 10.3. The van der Waals surface area contributed by atoms with Crippen LogP contribution in [0.1, 0.15) is 32.1 Å². The van der Waals surface area contributed by atoms with E-state index in [-0.39, 0.29) is 0 Å². The van der Waals surface area contributed by atoms with E-state index in [0.717, 1.165) is 32.3 Å². The van der Waals surface area contributed by atoms with Gasteiger partial charge in [-0.25, -0.2) is 0 Å². The van der Waals surface area contributed by atoms with E-state index in [9.17, 15) is 0 Å². The first-order valence-corrected chi connectivity index (χ1v) is 6.27. The summed E-state index contributed by atoms with van der Waals surface area (Å²) in [5, 5.41) is 3.16. The molecule has 1 aliphatic rings. The molecule has 15 heavy (non-hydrogen) atoms. The SMILES string of the molecule is CNCCCCCOCCN(C)C1CC1. The molecule has 0 radical (unpaired) electrons. The molecule has 3 heteroatoms. The summed E-state index contributed by atoms with van der Waals surface area (Å²) < 4.78 is 5.60. The van der Waals surface area contributed by atoms with Crippen molar-refractivity contribution >= 4 is 0 Å². The normalized spacial score (nSPS) is 16.2. The molecule has 90 valence electrons. The van der Waals surface area contributed by atoms with Crippen LogP contribution in [-0.2, 0) is 4.74 Å². The van der Waals surface area contributed by atoms with Crippen molar-refractivity contribution in [1.82, 2.24) is 10.2 Å². The molecule has 0 saturated heterocycles. The molecule has 0 spiro atoms. The van der Waals surface area contributed by atoms with E-state index in [0.29, 0.717) is 0 Å². The van der Waals surface area contributed by atoms with Crippen LogP contribution in [0.15, 0.2) is 0 Å². The van der Waals surface area contributed by atoms with Crippen LogP contribution in [0.5, 0.6) is 0 Å². The second-order valence-corrected chi connectivity index (χ2v) is 4.49. The highest BCUT2D eigenvalue weighted by molar-refractivity contribution is 4.81. The minimum absolute atomic E-state index is 0.865. The fourth-order valence-corrected chi connectivity index (χ4v) is 1.69. The minimum atomic E-state index is 0.865. The first kappa shape index (κ1) is 12.9. The summed E-state index contributed by atoms with van der Waals surface area (Å²) in [7, 11) is 4.21. The number of nitrogens with zero attached hydrogens (tertiary/aromatic N) is 1. The maximum absolute atomic E-state index is 5.60. The quantitative estimate of drug-likeness (QED) is 0.558. The van der Waals surface area contributed by atoms with Gasteiger partial charge in [-0.05, 0) is 52.7 Å². The Morgan fingerprint density at radius 2 is 2.00 bits per heavy atom. The zero-order chi connectivity index (χ0) is 10.9. The summed E-state index contributed by atoms with van der Waals surface area (Å²) in [6.45, 7) is 4.06. The van der Waals surface area contributed by atoms with Crippen LogP contribution in [0.4, 0.5) is 0 Å². The average Bonchev–Trinajstić information content (AvgIpc) is 3.05. The van der Waals surface area contributed by atoms with Crippen molar-refractivity contribution in [3.05, 3.63) is 0 Å². The molecule has 0 atom stereocenters. The monoisotopic (exact) mass is 214 g/mol. The molecular weight excluding hydrogens is 188 g/mol. The van der Waals surface area contributed by atoms with Gasteiger partial charge >= 0.3 is 0 Å². The predicted octanol–water partition coefficient (Wildman–Crippen LogP) is 1.49. The highest BCUT2D eigenvalue weighted by Gasteiger charge is 2.25. The molecule has 1 fully saturated rings. The number of likely N-dealkylation sites (N-methyl/N-ethyl adjacent to an activating group) is 1. The summed E-state index contributed by atoms with van der Waals surface area (Å²) in [5.41, 5.74) is 0. The van der Waals surface area contributed by atoms with Gasteiger partial charge in [0.15, 0.2) is 0 Å². The first-order valence-electron chi connectivity index (χ1n) is 6.27. The van der Waals surface area contributed by atoms with E-state index in [1.807, 2.05) is 7.05 Å². The lowest BCUT2D eigenvalue weighted by molar-refractivity contribution is 0.106. The Hall–Kier alpha value is -0.120. The highest BCUT2D eigenvalue weighted by atomic mass is 16.5. The molecule has 1 aliphatic carbocycles. The molecule has 1 rings (SSSR count). The third-order valence-electron chi connectivity index (χ3n) is 2.97. The first-order chi connectivity index (χ1) is 7.34. The maximum Gasteiger partial charge on any atom is 0.0593 e. The summed E-state index contributed by atoms with van der Waals surface area (Å²) in [6, 6.07) is 0.865. The van der Waals surface area contributed by atoms with Crippen molar-refractivity contribution < 1.29 is 4.74 Å². The summed E-state index contributed by atoms with van der Waals surface area (Å²) in [6.07, 6.45) is 6.52. The molecule has 0 aromatic heterocycles. The van der Waals surface area contributed by atoms with E-state index in [2.05, 4.69) is 17.3 Å². The van der Waals surface area contributed by atoms with Gasteiger partial charge in [0, 0.05) is 19.2 Å². The molecular formula is C12H26N2O. The van der Waals surface area contributed by atoms with Crippen molar-refractivity contribution in [2.75, 3.05) is 40.4 Å². The predicted molar refractivity (Wildman–Crippen MR) is 64.2 cm³/mol. The van der Waals surface area contributed by atoms with Crippen LogP contribution in [0, 0.1) is 0 Å². The summed E-state index contributed by atoms with van der Waals surface area (Å²) in [4.78, 5) is 2.42. The van der Waals surface area contributed by atoms with Gasteiger partial charge in [0.2, 0.25) is 0 Å². The number of ether oxygens (including phenoxy) is 1. The van der Waals surface area contributed by atoms with E-state index >= 15 is 0 Å². The average molecular weight is 214 g/mol. The van der Waals surface area contributed by atoms with Gasteiger partial charge in [-0.2, -0.15) is 0 Å². The molecule has 0 aromatic carbocycles. The Bertz CT molecular complexity index is 149. The third-order valence-corrected chi connectivity index (χ3v) is 2.97. The van der Waals surface area contributed by atoms with E-state index in [1.54, 1.807) is 0 Å². The van der Waals surface area contributed by atoms with Crippen molar-refractivity contribution in [3.8, 4) is 0 Å². The molecule has 1 saturated carbocycles. The maximum atomic E-state index is 5.60. The second kappa shape index (κ2) is 8.08. The Morgan fingerprint density at radius 3 is 2.67 bits per heavy atom. The number of hydrogen-bond donors (Lipinski definition) is 1. The van der Waals surface area contributed by atoms with Crippen LogP contribution in [0.25, 0.3) is 0 Å². The molecule has 0 aliphatic heterocycles. The molecule has 3 nitrogen and oxygen atoms in total. The number of hydrogen-bond acceptors (Lipinski definition) is 3. The summed E-state index contributed by atoms with van der Waals surface area (Å²) >= 11 is 0. The van der Waals surface area contributed by atoms with Crippen molar-refractivity contribution in [2.24, 2.45) is 0 Å². The second-order valence-electron chi connectivity index (χ2n) is 4.49. The van der Waals surface area contributed by atoms with Gasteiger partial charge in [-0.1, -0.05) is 0 Å². The van der Waals surface area contributed by atoms with Gasteiger partial charge in [-0.3, -0.25) is 0 Å². The Labute approximate surface area is 94.2 Å². The van der Waals surface area contributed by atoms with Gasteiger partial charge in [-0.15, -0.1) is 0 Å². The standard InChI is InChI=1S/C12H26N2O/c1-13-8-4-3-5-10-15-11-9-14(2)12-6-7-12/h12-13H,3-11H2,1-2H3. The van der Waals surface area contributed by atoms with Crippen molar-refractivity contribution in [3.63, 3.8) is 0 Å². The van der Waals surface area contributed by atoms with Crippen LogP contribution >= 0.6 is 0 Å². The number of unbranched alkanes of at least 4 members (excludes halogenated alkanes) is 2. The smallest absolute Gasteiger partial charge is 0.0593 e. The van der Waals surface area contributed by atoms with Crippen LogP contribution in [0.3, 0.4) is 0 Å². The van der Waals surface area contributed by atoms with Crippen LogP contribution in [0.2, 0.25) is 0 Å². The third kappa shape index (κ3) is 6.88. The van der Waals surface area contributed by atoms with Gasteiger partial charge in [0.05, 0.1) is 6.61 Å². The van der Waals surface area contributed by atoms with E-state index in [4.69, 9.17) is 4.74 Å². The highest BCUT2D eigenvalue weighted by Crippen LogP contribution is 2.24. The fraction of sp³-hybridized carbons (Fsp3) is 1.00. The number of nitrogens with one attached hydrogen (secondary N) is 1. The number of rotatable bonds is 10. The largest absolute Gasteiger partial charge is 0.380 e. The van der Waals surface area contributed by atoms with Gasteiger partial charge < -0.3 is 15.0 Å². The van der Waals surface area contributed by atoms with E-state index in [1.165, 1.54) is 32.1 Å². The minimum Gasteiger partial charge on any atom is -0.380 e. The summed E-state index contributed by atoms with van der Waals surface area (Å²) in [5.74, 6) is 0. The molecule has 0 bridgehead atoms. The zero-order valence-electron chi connectivity index (χ0n) is 10.3. The molecule has 0 amide bonds. The van der Waals surface area contributed by atoms with E-state index < -0.39 is 0 Å². The lowest BCUT2D eigenvalue weighted by Gasteiger charge is -2.15. The van der Waals surface area contributed by atoms with Crippen LogP contribution in [-0.4, -0.2) is 51.3 Å². The Morgan fingerprint density at radius 1 is 1.20 bits per heavy atom. The Kier molecular flexibility index (Phi) is 6.98. The lowest BCUT2D eigenvalue weighted by Crippen LogP contribution is -2.25. The molecule has 0 heterocycles. The fourth-order valence-electron chi connectivity index (χ4n) is 1.69. The van der Waals surface area contributed by atoms with Crippen molar-refractivity contribution in [2.45, 2.75) is 38.1 Å². The van der Waals surface area contributed by atoms with Crippen LogP contribution < -0.4 is 5.32 Å². The molecule has 0 aromatic rings. The Balaban J connectivity index is 1.72. The molecule has 0 unspecified atom stereocenters. The van der Waals surface area contributed by atoms with Gasteiger partial charge in [0.25, 0.3) is 0 Å². The molecule has 1 N–H and O–H groups in total. The lowest BCUT2D eigenvalue weighted by atomic mass is 10.2. The van der Waals surface area contributed by atoms with Crippen molar-refractivity contribution in [1.29, 1.82) is 0 Å².